The molecule has 0 bridgehead atoms. The number of hydrogen-bond acceptors (Lipinski definition) is 13. The number of aromatic nitrogens is 6. The lowest BCUT2D eigenvalue weighted by Gasteiger charge is -2.56. The van der Waals surface area contributed by atoms with E-state index in [2.05, 4.69) is 45.9 Å². The minimum Gasteiger partial charge on any atom is -0.395 e. The molecule has 2 heterocycles. The molecule has 1 aliphatic rings. The van der Waals surface area contributed by atoms with Gasteiger partial charge in [-0.1, -0.05) is 20.8 Å². The molecule has 13 heteroatoms. The Morgan fingerprint density at radius 1 is 0.757 bits per heavy atom. The zero-order valence-electron chi connectivity index (χ0n) is 22.0. The smallest absolute Gasteiger partial charge is 0.138 e. The van der Waals surface area contributed by atoms with Crippen LogP contribution in [0.15, 0.2) is 25.3 Å². The summed E-state index contributed by atoms with van der Waals surface area (Å²) in [5, 5.41) is 41.2. The van der Waals surface area contributed by atoms with Crippen molar-refractivity contribution in [2.45, 2.75) is 94.2 Å². The molecule has 0 spiro atoms. The molecular formula is C24H42N10O3. The van der Waals surface area contributed by atoms with E-state index in [1.165, 1.54) is 25.3 Å². The first kappa shape index (κ1) is 29.3. The number of nitrogens with zero attached hydrogens (tertiary/aromatic N) is 6. The van der Waals surface area contributed by atoms with Gasteiger partial charge in [0, 0.05) is 24.5 Å². The summed E-state index contributed by atoms with van der Waals surface area (Å²) in [6.07, 6.45) is 8.51. The Morgan fingerprint density at radius 3 is 1.57 bits per heavy atom. The van der Waals surface area contributed by atoms with Crippen LogP contribution in [0.25, 0.3) is 0 Å². The summed E-state index contributed by atoms with van der Waals surface area (Å²) in [7, 11) is 0. The largest absolute Gasteiger partial charge is 0.395 e. The van der Waals surface area contributed by atoms with Gasteiger partial charge in [0.15, 0.2) is 0 Å². The maximum Gasteiger partial charge on any atom is 0.138 e. The Morgan fingerprint density at radius 2 is 1.16 bits per heavy atom. The van der Waals surface area contributed by atoms with Crippen LogP contribution < -0.4 is 21.7 Å². The highest BCUT2D eigenvalue weighted by Gasteiger charge is 2.57. The number of nitrogens with one attached hydrogen (secondary N) is 3. The van der Waals surface area contributed by atoms with Crippen molar-refractivity contribution >= 4 is 0 Å². The molecule has 6 atom stereocenters. The van der Waals surface area contributed by atoms with E-state index in [0.29, 0.717) is 37.3 Å². The van der Waals surface area contributed by atoms with E-state index < -0.39 is 17.2 Å². The zero-order valence-corrected chi connectivity index (χ0v) is 22.0. The first-order valence-electron chi connectivity index (χ1n) is 13.1. The molecular weight excluding hydrogens is 476 g/mol. The standard InChI is InChI=1S/C24H42N10O3/c1-4-16(8-35)32-23(25)11-24(33-17(5-2)9-36,34-18(6-3)10-37)20(22-30-14-27-15-31-22)7-19(23)21-28-12-26-13-29-21/h12-20,32-37H,4-11,25H2,1-3H3. The van der Waals surface area contributed by atoms with Crippen LogP contribution in [0.5, 0.6) is 0 Å². The molecule has 2 aromatic rings. The summed E-state index contributed by atoms with van der Waals surface area (Å²) < 4.78 is 0. The minimum absolute atomic E-state index is 0.0874. The lowest BCUT2D eigenvalue weighted by Crippen LogP contribution is -2.77. The van der Waals surface area contributed by atoms with E-state index in [1.54, 1.807) is 0 Å². The highest BCUT2D eigenvalue weighted by Crippen LogP contribution is 2.48. The quantitative estimate of drug-likeness (QED) is 0.153. The van der Waals surface area contributed by atoms with Crippen molar-refractivity contribution in [2.24, 2.45) is 5.73 Å². The van der Waals surface area contributed by atoms with Crippen molar-refractivity contribution in [1.82, 2.24) is 45.9 Å². The van der Waals surface area contributed by atoms with Gasteiger partial charge in [-0.25, -0.2) is 29.9 Å². The molecule has 0 saturated heterocycles. The molecule has 206 valence electrons. The summed E-state index contributed by atoms with van der Waals surface area (Å²) >= 11 is 0. The van der Waals surface area contributed by atoms with E-state index in [-0.39, 0.29) is 50.3 Å². The van der Waals surface area contributed by atoms with E-state index in [0.717, 1.165) is 0 Å². The van der Waals surface area contributed by atoms with Gasteiger partial charge >= 0.3 is 0 Å². The zero-order chi connectivity index (χ0) is 26.9. The number of nitrogens with two attached hydrogens (primary N) is 1. The number of aliphatic hydroxyl groups excluding tert-OH is 3. The fourth-order valence-electron chi connectivity index (χ4n) is 5.31. The summed E-state index contributed by atoms with van der Waals surface area (Å²) in [6.45, 7) is 5.70. The van der Waals surface area contributed by atoms with Crippen LogP contribution in [0.4, 0.5) is 0 Å². The van der Waals surface area contributed by atoms with Crippen LogP contribution in [0.1, 0.15) is 76.4 Å². The molecule has 0 aromatic carbocycles. The first-order valence-corrected chi connectivity index (χ1v) is 13.1. The molecule has 13 nitrogen and oxygen atoms in total. The van der Waals surface area contributed by atoms with Gasteiger partial charge in [-0.2, -0.15) is 0 Å². The van der Waals surface area contributed by atoms with Gasteiger partial charge in [0.2, 0.25) is 0 Å². The maximum atomic E-state index is 10.2. The fourth-order valence-corrected chi connectivity index (χ4v) is 5.31. The summed E-state index contributed by atoms with van der Waals surface area (Å²) in [4.78, 5) is 25.9. The molecule has 3 rings (SSSR count). The summed E-state index contributed by atoms with van der Waals surface area (Å²) in [5.41, 5.74) is 5.21. The molecule has 0 aliphatic heterocycles. The Kier molecular flexibility index (Phi) is 10.7. The Hall–Kier alpha value is -2.26. The molecule has 8 N–H and O–H groups in total. The van der Waals surface area contributed by atoms with E-state index in [4.69, 9.17) is 5.73 Å². The van der Waals surface area contributed by atoms with Crippen molar-refractivity contribution in [3.63, 3.8) is 0 Å². The third-order valence-electron chi connectivity index (χ3n) is 7.45. The minimum atomic E-state index is -1.09. The normalized spacial score (nSPS) is 28.5. The van der Waals surface area contributed by atoms with Crippen LogP contribution in [-0.2, 0) is 0 Å². The number of hydrogen-bond donors (Lipinski definition) is 7. The van der Waals surface area contributed by atoms with Crippen molar-refractivity contribution in [3.8, 4) is 0 Å². The van der Waals surface area contributed by atoms with Gasteiger partial charge in [-0.3, -0.25) is 16.0 Å². The molecule has 2 aromatic heterocycles. The molecule has 1 saturated carbocycles. The second-order valence-corrected chi connectivity index (χ2v) is 9.82. The van der Waals surface area contributed by atoms with Gasteiger partial charge in [0.1, 0.15) is 37.0 Å². The predicted octanol–water partition coefficient (Wildman–Crippen LogP) is -0.849. The van der Waals surface area contributed by atoms with Crippen LogP contribution in [0.2, 0.25) is 0 Å². The van der Waals surface area contributed by atoms with Crippen molar-refractivity contribution in [3.05, 3.63) is 37.0 Å². The van der Waals surface area contributed by atoms with E-state index >= 15 is 0 Å². The van der Waals surface area contributed by atoms with Gasteiger partial charge in [0.25, 0.3) is 0 Å². The predicted molar refractivity (Wildman–Crippen MR) is 137 cm³/mol. The highest BCUT2D eigenvalue weighted by molar-refractivity contribution is 5.23. The number of aliphatic hydroxyl groups is 3. The summed E-state index contributed by atoms with van der Waals surface area (Å²) in [6, 6.07) is -0.781. The highest BCUT2D eigenvalue weighted by atomic mass is 16.3. The second-order valence-electron chi connectivity index (χ2n) is 9.82. The molecule has 1 fully saturated rings. The van der Waals surface area contributed by atoms with E-state index in [9.17, 15) is 15.3 Å². The van der Waals surface area contributed by atoms with Crippen molar-refractivity contribution in [1.29, 1.82) is 0 Å². The average molecular weight is 519 g/mol. The molecule has 0 amide bonds. The molecule has 1 aliphatic carbocycles. The third kappa shape index (κ3) is 6.79. The first-order chi connectivity index (χ1) is 17.9. The molecule has 37 heavy (non-hydrogen) atoms. The lowest BCUT2D eigenvalue weighted by atomic mass is 9.65. The van der Waals surface area contributed by atoms with Crippen molar-refractivity contribution in [2.75, 3.05) is 19.8 Å². The van der Waals surface area contributed by atoms with Gasteiger partial charge < -0.3 is 21.1 Å². The lowest BCUT2D eigenvalue weighted by molar-refractivity contribution is 0.0115. The van der Waals surface area contributed by atoms with Gasteiger partial charge in [0.05, 0.1) is 43.0 Å². The van der Waals surface area contributed by atoms with Crippen LogP contribution >= 0.6 is 0 Å². The fraction of sp³-hybridized carbons (Fsp3) is 0.750. The SMILES string of the molecule is CCC(CO)NC1(N)CC(NC(CC)CO)(NC(CC)CO)C(c2ncncn2)CC1c1ncncn1. The van der Waals surface area contributed by atoms with Gasteiger partial charge in [-0.05, 0) is 25.7 Å². The topological polar surface area (TPSA) is 200 Å². The molecule has 6 unspecified atom stereocenters. The van der Waals surface area contributed by atoms with Gasteiger partial charge in [-0.15, -0.1) is 0 Å². The maximum absolute atomic E-state index is 10.2. The van der Waals surface area contributed by atoms with E-state index in [1.807, 2.05) is 20.8 Å². The Bertz CT molecular complexity index is 902. The van der Waals surface area contributed by atoms with Crippen LogP contribution in [0.3, 0.4) is 0 Å². The second kappa shape index (κ2) is 13.5. The van der Waals surface area contributed by atoms with Crippen molar-refractivity contribution < 1.29 is 15.3 Å². The van der Waals surface area contributed by atoms with Crippen LogP contribution in [0, 0.1) is 0 Å². The number of rotatable bonds is 14. The summed E-state index contributed by atoms with van der Waals surface area (Å²) in [5.74, 6) is 0.323. The monoisotopic (exact) mass is 518 g/mol. The average Bonchev–Trinajstić information content (AvgIpc) is 2.94. The Balaban J connectivity index is 2.21. The third-order valence-corrected chi connectivity index (χ3v) is 7.45. The Labute approximate surface area is 218 Å². The van der Waals surface area contributed by atoms with Crippen LogP contribution in [-0.4, -0.2) is 94.5 Å². The molecule has 0 radical (unpaired) electrons.